The van der Waals surface area contributed by atoms with E-state index in [0.29, 0.717) is 5.92 Å². The van der Waals surface area contributed by atoms with E-state index in [9.17, 15) is 4.79 Å². The van der Waals surface area contributed by atoms with Crippen LogP contribution < -0.4 is 0 Å². The number of amides is 1. The number of carbonyl (C=O) groups excluding carboxylic acids is 1. The fourth-order valence-electron chi connectivity index (χ4n) is 5.59. The summed E-state index contributed by atoms with van der Waals surface area (Å²) in [6.45, 7) is 0. The van der Waals surface area contributed by atoms with Crippen LogP contribution in [0, 0.1) is 0 Å². The zero-order valence-corrected chi connectivity index (χ0v) is 16.1. The zero-order valence-electron chi connectivity index (χ0n) is 16.1. The van der Waals surface area contributed by atoms with Gasteiger partial charge in [0.15, 0.2) is 0 Å². The molecular weight excluding hydrogens is 346 g/mol. The van der Waals surface area contributed by atoms with Gasteiger partial charge in [-0.05, 0) is 72.4 Å². The molecule has 1 aromatic heterocycles. The fraction of sp³-hybridized carbons (Fsp3) is 0.417. The first-order valence-corrected chi connectivity index (χ1v) is 10.6. The maximum atomic E-state index is 13.3. The lowest BCUT2D eigenvalue weighted by atomic mass is 9.91. The normalized spacial score (nSPS) is 25.8. The lowest BCUT2D eigenvalue weighted by molar-refractivity contribution is 0.0734. The van der Waals surface area contributed by atoms with E-state index in [2.05, 4.69) is 34.9 Å². The van der Waals surface area contributed by atoms with Crippen LogP contribution in [0.1, 0.15) is 88.9 Å². The van der Waals surface area contributed by atoms with Gasteiger partial charge in [0.1, 0.15) is 5.82 Å². The number of hydrogen-bond donors (Lipinski definition) is 0. The van der Waals surface area contributed by atoms with Crippen LogP contribution in [-0.4, -0.2) is 27.4 Å². The third-order valence-electron chi connectivity index (χ3n) is 7.35. The van der Waals surface area contributed by atoms with Crippen LogP contribution in [0.25, 0.3) is 11.0 Å². The number of carbonyl (C=O) groups is 1. The van der Waals surface area contributed by atoms with Crippen LogP contribution in [0.2, 0.25) is 0 Å². The quantitative estimate of drug-likeness (QED) is 0.644. The van der Waals surface area contributed by atoms with Crippen LogP contribution in [0.15, 0.2) is 36.4 Å². The smallest absolute Gasteiger partial charge is 0.254 e. The summed E-state index contributed by atoms with van der Waals surface area (Å²) in [7, 11) is 1.95. The molecule has 4 nitrogen and oxygen atoms in total. The Labute approximate surface area is 164 Å². The van der Waals surface area contributed by atoms with Gasteiger partial charge < -0.3 is 9.47 Å². The van der Waals surface area contributed by atoms with Crippen LogP contribution in [0.5, 0.6) is 0 Å². The average Bonchev–Trinajstić information content (AvgIpc) is 3.63. The second kappa shape index (κ2) is 5.05. The van der Waals surface area contributed by atoms with E-state index >= 15 is 0 Å². The van der Waals surface area contributed by atoms with Gasteiger partial charge in [-0.2, -0.15) is 0 Å². The first-order valence-electron chi connectivity index (χ1n) is 10.6. The fourth-order valence-corrected chi connectivity index (χ4v) is 5.59. The SMILES string of the molecule is CN1C(=O)c2cccc(C3CC3)c2[C@H]2C[C@@H]1c1nc3ccc(C4CC4)cc3n12. The molecule has 2 atom stereocenters. The summed E-state index contributed by atoms with van der Waals surface area (Å²) in [6, 6.07) is 13.5. The van der Waals surface area contributed by atoms with Gasteiger partial charge in [0.05, 0.1) is 23.1 Å². The van der Waals surface area contributed by atoms with E-state index in [1.54, 1.807) is 0 Å². The molecule has 0 spiro atoms. The first-order chi connectivity index (χ1) is 13.7. The summed E-state index contributed by atoms with van der Waals surface area (Å²) in [6.07, 6.45) is 6.07. The highest BCUT2D eigenvalue weighted by atomic mass is 16.2. The monoisotopic (exact) mass is 369 g/mol. The standard InChI is InChI=1S/C24H23N3O/c1-26-21-12-20(22-16(14-7-8-14)3-2-4-17(22)24(26)28)27-19-11-15(13-5-6-13)9-10-18(19)25-23(21)27/h2-4,9-11,13-14,20-21H,5-8,12H2,1H3/t20-,21-/m1/s1. The van der Waals surface area contributed by atoms with E-state index in [1.807, 2.05) is 18.0 Å². The van der Waals surface area contributed by atoms with E-state index in [4.69, 9.17) is 4.98 Å². The lowest BCUT2D eigenvalue weighted by Gasteiger charge is -2.25. The van der Waals surface area contributed by atoms with Crippen molar-refractivity contribution in [2.75, 3.05) is 7.05 Å². The van der Waals surface area contributed by atoms with Crippen LogP contribution >= 0.6 is 0 Å². The molecule has 1 amide bonds. The van der Waals surface area contributed by atoms with Gasteiger partial charge >= 0.3 is 0 Å². The topological polar surface area (TPSA) is 38.1 Å². The van der Waals surface area contributed by atoms with Crippen molar-refractivity contribution in [3.05, 3.63) is 64.5 Å². The van der Waals surface area contributed by atoms with Gasteiger partial charge in [-0.1, -0.05) is 18.2 Å². The Kier molecular flexibility index (Phi) is 2.76. The molecule has 0 N–H and O–H groups in total. The summed E-state index contributed by atoms with van der Waals surface area (Å²) in [5, 5.41) is 0. The molecule has 2 aliphatic carbocycles. The van der Waals surface area contributed by atoms with E-state index < -0.39 is 0 Å². The average molecular weight is 369 g/mol. The molecule has 2 aromatic carbocycles. The number of hydrogen-bond acceptors (Lipinski definition) is 2. The molecule has 2 saturated carbocycles. The largest absolute Gasteiger partial charge is 0.331 e. The first kappa shape index (κ1) is 15.3. The number of nitrogens with zero attached hydrogens (tertiary/aromatic N) is 3. The van der Waals surface area contributed by atoms with Crippen molar-refractivity contribution < 1.29 is 4.79 Å². The van der Waals surface area contributed by atoms with Gasteiger partial charge in [0, 0.05) is 19.0 Å². The number of benzene rings is 2. The molecular formula is C24H23N3O. The van der Waals surface area contributed by atoms with Gasteiger partial charge in [-0.3, -0.25) is 4.79 Å². The Bertz CT molecular complexity index is 1170. The Morgan fingerprint density at radius 1 is 1.00 bits per heavy atom. The maximum absolute atomic E-state index is 13.3. The summed E-state index contributed by atoms with van der Waals surface area (Å²) in [5.74, 6) is 2.59. The minimum absolute atomic E-state index is 0.0636. The van der Waals surface area contributed by atoms with Gasteiger partial charge in [0.2, 0.25) is 0 Å². The predicted molar refractivity (Wildman–Crippen MR) is 108 cm³/mol. The highest BCUT2D eigenvalue weighted by Crippen LogP contribution is 2.52. The number of imidazole rings is 1. The second-order valence-electron chi connectivity index (χ2n) is 9.13. The molecule has 7 rings (SSSR count). The Morgan fingerprint density at radius 3 is 2.61 bits per heavy atom. The van der Waals surface area contributed by atoms with Gasteiger partial charge in [-0.15, -0.1) is 0 Å². The van der Waals surface area contributed by atoms with Crippen LogP contribution in [-0.2, 0) is 0 Å². The van der Waals surface area contributed by atoms with Gasteiger partial charge in [-0.25, -0.2) is 4.98 Å². The summed E-state index contributed by atoms with van der Waals surface area (Å²) < 4.78 is 2.47. The molecule has 0 saturated heterocycles. The second-order valence-corrected chi connectivity index (χ2v) is 9.13. The molecule has 3 aromatic rings. The molecule has 0 unspecified atom stereocenters. The molecule has 4 heteroatoms. The molecule has 28 heavy (non-hydrogen) atoms. The lowest BCUT2D eigenvalue weighted by Crippen LogP contribution is -2.30. The van der Waals surface area contributed by atoms with Crippen molar-refractivity contribution in [1.82, 2.24) is 14.5 Å². The maximum Gasteiger partial charge on any atom is 0.254 e. The molecule has 2 aliphatic heterocycles. The predicted octanol–water partition coefficient (Wildman–Crippen LogP) is 4.91. The summed E-state index contributed by atoms with van der Waals surface area (Å²) in [5.41, 5.74) is 7.37. The van der Waals surface area contributed by atoms with Crippen molar-refractivity contribution in [3.63, 3.8) is 0 Å². The number of aromatic nitrogens is 2. The van der Waals surface area contributed by atoms with Crippen molar-refractivity contribution >= 4 is 16.9 Å². The Hall–Kier alpha value is -2.62. The number of fused-ring (bicyclic) bond motifs is 9. The molecule has 3 heterocycles. The minimum atomic E-state index is 0.0636. The molecule has 2 bridgehead atoms. The van der Waals surface area contributed by atoms with Gasteiger partial charge in [0.25, 0.3) is 5.91 Å². The van der Waals surface area contributed by atoms with Crippen LogP contribution in [0.3, 0.4) is 0 Å². The highest BCUT2D eigenvalue weighted by Gasteiger charge is 2.45. The summed E-state index contributed by atoms with van der Waals surface area (Å²) in [4.78, 5) is 20.2. The van der Waals surface area contributed by atoms with E-state index in [-0.39, 0.29) is 18.0 Å². The summed E-state index contributed by atoms with van der Waals surface area (Å²) >= 11 is 0. The third-order valence-corrected chi connectivity index (χ3v) is 7.35. The van der Waals surface area contributed by atoms with Crippen molar-refractivity contribution in [1.29, 1.82) is 0 Å². The minimum Gasteiger partial charge on any atom is -0.331 e. The van der Waals surface area contributed by atoms with E-state index in [0.717, 1.165) is 29.2 Å². The molecule has 140 valence electrons. The van der Waals surface area contributed by atoms with E-state index in [1.165, 1.54) is 47.9 Å². The highest BCUT2D eigenvalue weighted by molar-refractivity contribution is 5.97. The molecule has 4 aliphatic rings. The Balaban J connectivity index is 1.53. The van der Waals surface area contributed by atoms with Crippen molar-refractivity contribution in [3.8, 4) is 0 Å². The Morgan fingerprint density at radius 2 is 1.82 bits per heavy atom. The molecule has 0 radical (unpaired) electrons. The van der Waals surface area contributed by atoms with Crippen LogP contribution in [0.4, 0.5) is 0 Å². The zero-order chi connectivity index (χ0) is 18.6. The third kappa shape index (κ3) is 1.91. The van der Waals surface area contributed by atoms with Crippen molar-refractivity contribution in [2.24, 2.45) is 0 Å². The van der Waals surface area contributed by atoms with Crippen molar-refractivity contribution in [2.45, 2.75) is 56.0 Å². The molecule has 2 fully saturated rings. The number of rotatable bonds is 2.